The molecule has 0 fully saturated rings. The summed E-state index contributed by atoms with van der Waals surface area (Å²) >= 11 is 1.35. The fourth-order valence-corrected chi connectivity index (χ4v) is 4.08. The van der Waals surface area contributed by atoms with Crippen molar-refractivity contribution in [1.82, 2.24) is 4.98 Å². The monoisotopic (exact) mass is 348 g/mol. The molecule has 0 atom stereocenters. The number of thiophene rings is 1. The highest BCUT2D eigenvalue weighted by Gasteiger charge is 2.15. The lowest BCUT2D eigenvalue weighted by atomic mass is 10.1. The normalized spacial score (nSPS) is 11.1. The van der Waals surface area contributed by atoms with E-state index in [-0.39, 0.29) is 11.5 Å². The van der Waals surface area contributed by atoms with E-state index >= 15 is 0 Å². The molecule has 2 aromatic heterocycles. The molecule has 25 heavy (non-hydrogen) atoms. The van der Waals surface area contributed by atoms with Gasteiger partial charge in [-0.15, -0.1) is 11.3 Å². The summed E-state index contributed by atoms with van der Waals surface area (Å²) in [7, 11) is 0. The molecule has 4 aromatic rings. The Morgan fingerprint density at radius 1 is 1.08 bits per heavy atom. The Bertz CT molecular complexity index is 1160. The van der Waals surface area contributed by atoms with E-state index in [0.29, 0.717) is 10.3 Å². The van der Waals surface area contributed by atoms with Crippen LogP contribution in [0.5, 0.6) is 0 Å². The Morgan fingerprint density at radius 3 is 2.68 bits per heavy atom. The summed E-state index contributed by atoms with van der Waals surface area (Å²) < 4.78 is 0.841. The van der Waals surface area contributed by atoms with Crippen molar-refractivity contribution in [2.45, 2.75) is 13.3 Å². The second-order valence-electron chi connectivity index (χ2n) is 5.82. The zero-order chi connectivity index (χ0) is 17.4. The molecule has 5 heteroatoms. The van der Waals surface area contributed by atoms with Crippen LogP contribution >= 0.6 is 11.3 Å². The first-order valence-corrected chi connectivity index (χ1v) is 8.93. The molecule has 0 saturated carbocycles. The lowest BCUT2D eigenvalue weighted by Gasteiger charge is -2.08. The predicted octanol–water partition coefficient (Wildman–Crippen LogP) is 4.56. The van der Waals surface area contributed by atoms with Gasteiger partial charge in [0.05, 0.1) is 10.3 Å². The number of fused-ring (bicyclic) bond motifs is 3. The third kappa shape index (κ3) is 2.72. The predicted molar refractivity (Wildman–Crippen MR) is 104 cm³/mol. The fourth-order valence-electron chi connectivity index (χ4n) is 2.99. The van der Waals surface area contributed by atoms with E-state index in [9.17, 15) is 9.59 Å². The Balaban J connectivity index is 1.79. The molecule has 0 saturated heterocycles. The van der Waals surface area contributed by atoms with Crippen molar-refractivity contribution < 1.29 is 4.79 Å². The van der Waals surface area contributed by atoms with E-state index in [1.54, 1.807) is 6.07 Å². The average Bonchev–Trinajstić information content (AvgIpc) is 3.09. The van der Waals surface area contributed by atoms with Crippen LogP contribution in [0.25, 0.3) is 21.0 Å². The van der Waals surface area contributed by atoms with Gasteiger partial charge in [-0.2, -0.15) is 0 Å². The SMILES string of the molecule is CCc1ccccc1NC(=O)c1cc2c(=O)[nH]c3ccccc3c2s1. The summed E-state index contributed by atoms with van der Waals surface area (Å²) in [5.41, 5.74) is 2.51. The van der Waals surface area contributed by atoms with Gasteiger partial charge in [0.25, 0.3) is 11.5 Å². The summed E-state index contributed by atoms with van der Waals surface area (Å²) in [4.78, 5) is 28.4. The molecule has 4 nitrogen and oxygen atoms in total. The van der Waals surface area contributed by atoms with E-state index in [0.717, 1.165) is 33.3 Å². The molecule has 2 aromatic carbocycles. The zero-order valence-corrected chi connectivity index (χ0v) is 14.4. The lowest BCUT2D eigenvalue weighted by Crippen LogP contribution is -2.11. The van der Waals surface area contributed by atoms with Crippen molar-refractivity contribution in [3.05, 3.63) is 75.4 Å². The van der Waals surface area contributed by atoms with Gasteiger partial charge < -0.3 is 10.3 Å². The Kier molecular flexibility index (Phi) is 3.86. The van der Waals surface area contributed by atoms with Gasteiger partial charge in [-0.25, -0.2) is 0 Å². The Morgan fingerprint density at radius 2 is 1.84 bits per heavy atom. The number of rotatable bonds is 3. The number of H-pyrrole nitrogens is 1. The molecule has 124 valence electrons. The van der Waals surface area contributed by atoms with Gasteiger partial charge in [-0.1, -0.05) is 43.3 Å². The van der Waals surface area contributed by atoms with Crippen LogP contribution in [-0.4, -0.2) is 10.9 Å². The number of aryl methyl sites for hydroxylation is 1. The number of carbonyl (C=O) groups is 1. The number of aromatic amines is 1. The molecule has 0 radical (unpaired) electrons. The molecule has 4 rings (SSSR count). The largest absolute Gasteiger partial charge is 0.321 e. The first kappa shape index (κ1) is 15.6. The number of aromatic nitrogens is 1. The minimum atomic E-state index is -0.189. The lowest BCUT2D eigenvalue weighted by molar-refractivity contribution is 0.103. The van der Waals surface area contributed by atoms with Crippen LogP contribution in [0.3, 0.4) is 0 Å². The van der Waals surface area contributed by atoms with Gasteiger partial charge in [-0.3, -0.25) is 9.59 Å². The van der Waals surface area contributed by atoms with Crippen LogP contribution in [0.2, 0.25) is 0 Å². The molecule has 0 aliphatic rings. The van der Waals surface area contributed by atoms with E-state index in [1.165, 1.54) is 11.3 Å². The van der Waals surface area contributed by atoms with Crippen LogP contribution < -0.4 is 10.9 Å². The summed E-state index contributed by atoms with van der Waals surface area (Å²) in [6.45, 7) is 2.05. The second-order valence-corrected chi connectivity index (χ2v) is 6.87. The van der Waals surface area contributed by atoms with Crippen LogP contribution in [-0.2, 0) is 6.42 Å². The van der Waals surface area contributed by atoms with Crippen molar-refractivity contribution in [3.63, 3.8) is 0 Å². The molecule has 2 heterocycles. The molecule has 0 spiro atoms. The summed E-state index contributed by atoms with van der Waals surface area (Å²) in [6.07, 6.45) is 0.840. The molecule has 0 aliphatic carbocycles. The first-order valence-electron chi connectivity index (χ1n) is 8.11. The highest BCUT2D eigenvalue weighted by atomic mass is 32.1. The average molecular weight is 348 g/mol. The topological polar surface area (TPSA) is 62.0 Å². The number of carbonyl (C=O) groups excluding carboxylic acids is 1. The number of hydrogen-bond acceptors (Lipinski definition) is 3. The van der Waals surface area contributed by atoms with Crippen LogP contribution in [0.15, 0.2) is 59.4 Å². The maximum Gasteiger partial charge on any atom is 0.265 e. The molecular weight excluding hydrogens is 332 g/mol. The van der Waals surface area contributed by atoms with E-state index in [4.69, 9.17) is 0 Å². The second kappa shape index (κ2) is 6.18. The van der Waals surface area contributed by atoms with Crippen molar-refractivity contribution in [1.29, 1.82) is 0 Å². The van der Waals surface area contributed by atoms with Gasteiger partial charge in [0, 0.05) is 21.3 Å². The number of nitrogens with one attached hydrogen (secondary N) is 2. The van der Waals surface area contributed by atoms with Gasteiger partial charge in [0.1, 0.15) is 0 Å². The number of pyridine rings is 1. The number of benzene rings is 2. The Hall–Kier alpha value is -2.92. The van der Waals surface area contributed by atoms with Crippen molar-refractivity contribution >= 4 is 43.9 Å². The summed E-state index contributed by atoms with van der Waals surface area (Å²) in [5, 5.41) is 4.47. The van der Waals surface area contributed by atoms with E-state index in [2.05, 4.69) is 17.2 Å². The smallest absolute Gasteiger partial charge is 0.265 e. The minimum absolute atomic E-state index is 0.169. The number of hydrogen-bond donors (Lipinski definition) is 2. The molecule has 1 amide bonds. The number of anilines is 1. The van der Waals surface area contributed by atoms with Gasteiger partial charge in [0.2, 0.25) is 0 Å². The van der Waals surface area contributed by atoms with E-state index in [1.807, 2.05) is 48.5 Å². The van der Waals surface area contributed by atoms with Crippen molar-refractivity contribution in [2.24, 2.45) is 0 Å². The minimum Gasteiger partial charge on any atom is -0.321 e. The van der Waals surface area contributed by atoms with Crippen LogP contribution in [0.4, 0.5) is 5.69 Å². The van der Waals surface area contributed by atoms with Gasteiger partial charge in [0.15, 0.2) is 0 Å². The van der Waals surface area contributed by atoms with Gasteiger partial charge in [-0.05, 0) is 30.2 Å². The molecule has 0 bridgehead atoms. The van der Waals surface area contributed by atoms with Crippen molar-refractivity contribution in [3.8, 4) is 0 Å². The van der Waals surface area contributed by atoms with Crippen LogP contribution in [0, 0.1) is 0 Å². The Labute approximate surface area is 148 Å². The molecule has 0 aliphatic heterocycles. The van der Waals surface area contributed by atoms with E-state index < -0.39 is 0 Å². The standard InChI is InChI=1S/C20H16N2O2S/c1-2-12-7-3-5-9-15(12)21-20(24)17-11-14-18(25-17)13-8-4-6-10-16(13)22-19(14)23/h3-11H,2H2,1H3,(H,21,24)(H,22,23). The quantitative estimate of drug-likeness (QED) is 0.570. The third-order valence-corrected chi connectivity index (χ3v) is 5.43. The van der Waals surface area contributed by atoms with Gasteiger partial charge >= 0.3 is 0 Å². The van der Waals surface area contributed by atoms with Crippen LogP contribution in [0.1, 0.15) is 22.2 Å². The molecular formula is C20H16N2O2S. The summed E-state index contributed by atoms with van der Waals surface area (Å²) in [5.74, 6) is -0.189. The number of para-hydroxylation sites is 2. The highest BCUT2D eigenvalue weighted by molar-refractivity contribution is 7.21. The fraction of sp³-hybridized carbons (Fsp3) is 0.100. The zero-order valence-electron chi connectivity index (χ0n) is 13.6. The number of amides is 1. The van der Waals surface area contributed by atoms with Crippen molar-refractivity contribution in [2.75, 3.05) is 5.32 Å². The highest BCUT2D eigenvalue weighted by Crippen LogP contribution is 2.30. The maximum absolute atomic E-state index is 12.7. The summed E-state index contributed by atoms with van der Waals surface area (Å²) in [6, 6.07) is 17.1. The third-order valence-electron chi connectivity index (χ3n) is 4.27. The molecule has 2 N–H and O–H groups in total. The maximum atomic E-state index is 12.7. The first-order chi connectivity index (χ1) is 12.2. The molecule has 0 unspecified atom stereocenters.